The lowest BCUT2D eigenvalue weighted by Gasteiger charge is -2.35. The molecule has 6 rings (SSSR count). The van der Waals surface area contributed by atoms with Crippen LogP contribution < -0.4 is 19.6 Å². The number of methoxy groups -OCH3 is 1. The number of nitrogens with zero attached hydrogens (tertiary/aromatic N) is 2. The zero-order valence-corrected chi connectivity index (χ0v) is 21.6. The van der Waals surface area contributed by atoms with Crippen LogP contribution in [0.1, 0.15) is 43.9 Å². The number of halogens is 1. The Hall–Kier alpha value is -3.84. The number of hydrogen-bond acceptors (Lipinski definition) is 5. The average Bonchev–Trinajstić information content (AvgIpc) is 3.17. The number of Topliss-reactive ketones (excluding diaryl/α,β-unsaturated/α-hetero) is 1. The van der Waals surface area contributed by atoms with Crippen LogP contribution in [0.5, 0.6) is 5.75 Å². The van der Waals surface area contributed by atoms with Crippen LogP contribution in [0.2, 0.25) is 0 Å². The maximum Gasteiger partial charge on any atom is 0.271 e. The van der Waals surface area contributed by atoms with E-state index in [1.807, 2.05) is 42.5 Å². The van der Waals surface area contributed by atoms with Gasteiger partial charge < -0.3 is 4.74 Å². The van der Waals surface area contributed by atoms with Crippen LogP contribution in [0.25, 0.3) is 16.8 Å². The van der Waals surface area contributed by atoms with Crippen LogP contribution in [0, 0.1) is 11.2 Å². The van der Waals surface area contributed by atoms with E-state index < -0.39 is 6.04 Å². The third kappa shape index (κ3) is 3.94. The highest BCUT2D eigenvalue weighted by atomic mass is 32.1. The molecule has 1 unspecified atom stereocenters. The van der Waals surface area contributed by atoms with Crippen LogP contribution in [-0.4, -0.2) is 17.5 Å². The van der Waals surface area contributed by atoms with Gasteiger partial charge >= 0.3 is 0 Å². The first-order valence-corrected chi connectivity index (χ1v) is 13.0. The van der Waals surface area contributed by atoms with E-state index in [1.165, 1.54) is 23.5 Å². The van der Waals surface area contributed by atoms with Gasteiger partial charge in [-0.25, -0.2) is 9.38 Å². The molecule has 3 aromatic carbocycles. The Morgan fingerprint density at radius 2 is 1.81 bits per heavy atom. The lowest BCUT2D eigenvalue weighted by molar-refractivity contribution is -0.118. The van der Waals surface area contributed by atoms with Crippen LogP contribution in [0.3, 0.4) is 0 Å². The minimum Gasteiger partial charge on any atom is -0.496 e. The summed E-state index contributed by atoms with van der Waals surface area (Å²) >= 11 is 1.30. The van der Waals surface area contributed by atoms with E-state index in [4.69, 9.17) is 9.73 Å². The van der Waals surface area contributed by atoms with Crippen molar-refractivity contribution in [2.75, 3.05) is 7.11 Å². The van der Waals surface area contributed by atoms with Crippen LogP contribution in [0.4, 0.5) is 4.39 Å². The molecule has 1 atom stereocenters. The molecule has 1 aliphatic heterocycles. The van der Waals surface area contributed by atoms with Crippen LogP contribution in [0.15, 0.2) is 81.7 Å². The van der Waals surface area contributed by atoms with Gasteiger partial charge in [0.1, 0.15) is 11.6 Å². The van der Waals surface area contributed by atoms with Crippen molar-refractivity contribution in [2.24, 2.45) is 10.4 Å². The third-order valence-electron chi connectivity index (χ3n) is 7.11. The molecule has 0 spiro atoms. The fraction of sp³-hybridized carbons (Fsp3) is 0.233. The monoisotopic (exact) mass is 512 g/mol. The number of thiazole rings is 1. The number of benzene rings is 3. The summed E-state index contributed by atoms with van der Waals surface area (Å²) in [7, 11) is 1.61. The molecule has 37 heavy (non-hydrogen) atoms. The Labute approximate surface area is 216 Å². The summed E-state index contributed by atoms with van der Waals surface area (Å²) in [6.45, 7) is 4.11. The average molecular weight is 513 g/mol. The zero-order chi connectivity index (χ0) is 25.9. The topological polar surface area (TPSA) is 60.7 Å². The van der Waals surface area contributed by atoms with E-state index in [0.29, 0.717) is 44.8 Å². The molecule has 7 heteroatoms. The summed E-state index contributed by atoms with van der Waals surface area (Å²) in [6, 6.07) is 17.2. The Balaban J connectivity index is 1.63. The van der Waals surface area contributed by atoms with Gasteiger partial charge in [0.15, 0.2) is 10.6 Å². The molecule has 0 saturated heterocycles. The predicted molar refractivity (Wildman–Crippen MR) is 143 cm³/mol. The zero-order valence-electron chi connectivity index (χ0n) is 20.7. The number of aromatic nitrogens is 1. The minimum absolute atomic E-state index is 0.0191. The first-order valence-electron chi connectivity index (χ1n) is 12.1. The number of ether oxygens (including phenoxy) is 1. The van der Waals surface area contributed by atoms with Crippen molar-refractivity contribution in [3.8, 4) is 5.75 Å². The summed E-state index contributed by atoms with van der Waals surface area (Å²) in [5.41, 5.74) is 2.28. The number of rotatable bonds is 3. The van der Waals surface area contributed by atoms with Crippen molar-refractivity contribution in [2.45, 2.75) is 32.7 Å². The first kappa shape index (κ1) is 23.6. The Morgan fingerprint density at radius 3 is 2.57 bits per heavy atom. The lowest BCUT2D eigenvalue weighted by atomic mass is 9.73. The molecule has 0 bridgehead atoms. The molecule has 0 fully saturated rings. The third-order valence-corrected chi connectivity index (χ3v) is 8.09. The van der Waals surface area contributed by atoms with Gasteiger partial charge in [0.25, 0.3) is 5.56 Å². The van der Waals surface area contributed by atoms with Crippen molar-refractivity contribution in [1.29, 1.82) is 0 Å². The Kier molecular flexibility index (Phi) is 5.49. The fourth-order valence-electron chi connectivity index (χ4n) is 5.44. The summed E-state index contributed by atoms with van der Waals surface area (Å²) < 4.78 is 21.5. The number of allylic oxidation sites excluding steroid dienone is 2. The molecular formula is C30H25FN2O3S. The largest absolute Gasteiger partial charge is 0.496 e. The Bertz CT molecular complexity index is 1800. The second kappa shape index (κ2) is 8.63. The van der Waals surface area contributed by atoms with Crippen molar-refractivity contribution < 1.29 is 13.9 Å². The smallest absolute Gasteiger partial charge is 0.271 e. The minimum atomic E-state index is -0.646. The molecule has 186 valence electrons. The van der Waals surface area contributed by atoms with Gasteiger partial charge in [-0.2, -0.15) is 0 Å². The molecule has 0 amide bonds. The van der Waals surface area contributed by atoms with Crippen LogP contribution in [-0.2, 0) is 4.79 Å². The van der Waals surface area contributed by atoms with Gasteiger partial charge in [0.2, 0.25) is 0 Å². The highest BCUT2D eigenvalue weighted by molar-refractivity contribution is 7.07. The van der Waals surface area contributed by atoms with Gasteiger partial charge in [-0.3, -0.25) is 14.2 Å². The van der Waals surface area contributed by atoms with E-state index in [-0.39, 0.29) is 22.6 Å². The molecule has 0 radical (unpaired) electrons. The summed E-state index contributed by atoms with van der Waals surface area (Å²) in [6.07, 6.45) is 2.86. The number of carbonyl (C=O) groups excluding carboxylic acids is 1. The lowest BCUT2D eigenvalue weighted by Crippen LogP contribution is -2.42. The van der Waals surface area contributed by atoms with Crippen LogP contribution >= 0.6 is 11.3 Å². The summed E-state index contributed by atoms with van der Waals surface area (Å²) in [5, 5.41) is 2.01. The number of carbonyl (C=O) groups is 1. The van der Waals surface area contributed by atoms with Gasteiger partial charge in [0.05, 0.1) is 23.4 Å². The van der Waals surface area contributed by atoms with Gasteiger partial charge in [-0.15, -0.1) is 0 Å². The second-order valence-electron chi connectivity index (χ2n) is 10.3. The maximum absolute atomic E-state index is 13.9. The van der Waals surface area contributed by atoms with Crippen molar-refractivity contribution in [3.63, 3.8) is 0 Å². The number of hydrogen-bond donors (Lipinski definition) is 0. The van der Waals surface area contributed by atoms with E-state index in [9.17, 15) is 14.0 Å². The number of fused-ring (bicyclic) bond motifs is 2. The van der Waals surface area contributed by atoms with Crippen molar-refractivity contribution in [1.82, 2.24) is 4.57 Å². The maximum atomic E-state index is 13.9. The van der Waals surface area contributed by atoms with E-state index in [1.54, 1.807) is 23.8 Å². The Morgan fingerprint density at radius 1 is 1.05 bits per heavy atom. The standard InChI is InChI=1S/C30H25FN2O3S/c1-30(2)15-22-26(23(34)16-30)27(18-8-11-19(31)12-9-18)33-28(35)25(37-29(33)32-22)14-21-20-7-5-4-6-17(20)10-13-24(21)36-3/h4-14,27H,15-16H2,1-3H3. The van der Waals surface area contributed by atoms with Gasteiger partial charge in [-0.1, -0.05) is 67.6 Å². The van der Waals surface area contributed by atoms with E-state index in [2.05, 4.69) is 13.8 Å². The fourth-order valence-corrected chi connectivity index (χ4v) is 6.44. The highest BCUT2D eigenvalue weighted by Gasteiger charge is 2.40. The molecule has 2 aliphatic rings. The highest BCUT2D eigenvalue weighted by Crippen LogP contribution is 2.43. The van der Waals surface area contributed by atoms with Crippen molar-refractivity contribution >= 4 is 34.0 Å². The number of ketones is 1. The molecular weight excluding hydrogens is 487 g/mol. The molecule has 4 aromatic rings. The molecule has 1 aromatic heterocycles. The molecule has 0 saturated carbocycles. The van der Waals surface area contributed by atoms with Gasteiger partial charge in [0, 0.05) is 17.6 Å². The quantitative estimate of drug-likeness (QED) is 0.392. The second-order valence-corrected chi connectivity index (χ2v) is 11.3. The van der Waals surface area contributed by atoms with E-state index >= 15 is 0 Å². The predicted octanol–water partition coefficient (Wildman–Crippen LogP) is 4.91. The normalized spacial score (nSPS) is 19.0. The molecule has 0 N–H and O–H groups in total. The van der Waals surface area contributed by atoms with E-state index in [0.717, 1.165) is 16.3 Å². The van der Waals surface area contributed by atoms with Gasteiger partial charge in [-0.05, 0) is 52.4 Å². The SMILES string of the molecule is COc1ccc2ccccc2c1C=c1sc2n(c1=O)C(c1ccc(F)cc1)C1=C(CC(C)(C)CC1=O)N=2. The molecule has 1 aliphatic carbocycles. The summed E-state index contributed by atoms with van der Waals surface area (Å²) in [5.74, 6) is 0.273. The van der Waals surface area contributed by atoms with Crippen molar-refractivity contribution in [3.05, 3.63) is 109 Å². The molecule has 2 heterocycles. The molecule has 5 nitrogen and oxygen atoms in total. The summed E-state index contributed by atoms with van der Waals surface area (Å²) in [4.78, 5) is 32.7. The first-order chi connectivity index (χ1) is 17.8.